The van der Waals surface area contributed by atoms with Crippen molar-refractivity contribution in [1.29, 1.82) is 0 Å². The van der Waals surface area contributed by atoms with Gasteiger partial charge < -0.3 is 9.30 Å². The SMILES string of the molecule is COC1(C)CC(C(c2cccc(-n3cc4c(C(F)(F)F)cc(CN5CCC[C@H](C)C5)cn4c3=O)c2)c2nncn2C)C1. The summed E-state index contributed by atoms with van der Waals surface area (Å²) in [5.74, 6) is 1.41. The smallest absolute Gasteiger partial charge is 0.379 e. The minimum absolute atomic E-state index is 0.113. The molecule has 3 aromatic heterocycles. The number of nitrogens with zero attached hydrogens (tertiary/aromatic N) is 6. The lowest BCUT2D eigenvalue weighted by atomic mass is 9.64. The maximum absolute atomic E-state index is 14.3. The van der Waals surface area contributed by atoms with E-state index in [1.165, 1.54) is 16.8 Å². The van der Waals surface area contributed by atoms with Crippen molar-refractivity contribution in [3.8, 4) is 5.69 Å². The Kier molecular flexibility index (Phi) is 7.29. The number of halogens is 3. The highest BCUT2D eigenvalue weighted by molar-refractivity contribution is 5.58. The third-order valence-electron chi connectivity index (χ3n) is 9.16. The van der Waals surface area contributed by atoms with Crippen molar-refractivity contribution in [1.82, 2.24) is 28.6 Å². The Balaban J connectivity index is 1.41. The van der Waals surface area contributed by atoms with E-state index in [0.717, 1.165) is 54.6 Å². The molecule has 4 aromatic rings. The van der Waals surface area contributed by atoms with E-state index in [2.05, 4.69) is 28.9 Å². The third kappa shape index (κ3) is 5.28. The van der Waals surface area contributed by atoms with Crippen LogP contribution in [-0.2, 0) is 24.5 Å². The molecule has 0 radical (unpaired) electrons. The van der Waals surface area contributed by atoms with E-state index in [9.17, 15) is 18.0 Å². The van der Waals surface area contributed by atoms with Crippen molar-refractivity contribution in [2.75, 3.05) is 20.2 Å². The zero-order chi connectivity index (χ0) is 29.8. The molecule has 1 aromatic carbocycles. The molecule has 11 heteroatoms. The van der Waals surface area contributed by atoms with Crippen molar-refractivity contribution in [2.45, 2.75) is 63.8 Å². The summed E-state index contributed by atoms with van der Waals surface area (Å²) in [5, 5.41) is 8.48. The molecule has 1 aliphatic carbocycles. The summed E-state index contributed by atoms with van der Waals surface area (Å²) in [7, 11) is 3.61. The lowest BCUT2D eigenvalue weighted by Crippen LogP contribution is -2.45. The number of aryl methyl sites for hydroxylation is 1. The predicted molar refractivity (Wildman–Crippen MR) is 153 cm³/mol. The van der Waals surface area contributed by atoms with Crippen LogP contribution in [0, 0.1) is 11.8 Å². The molecule has 0 amide bonds. The van der Waals surface area contributed by atoms with Gasteiger partial charge in [0.15, 0.2) is 0 Å². The van der Waals surface area contributed by atoms with Crippen LogP contribution < -0.4 is 5.69 Å². The van der Waals surface area contributed by atoms with Crippen LogP contribution in [0.15, 0.2) is 53.8 Å². The maximum Gasteiger partial charge on any atom is 0.418 e. The number of likely N-dealkylation sites (tertiary alicyclic amines) is 1. The average molecular weight is 583 g/mol. The van der Waals surface area contributed by atoms with Crippen LogP contribution in [0.4, 0.5) is 13.2 Å². The van der Waals surface area contributed by atoms with Gasteiger partial charge >= 0.3 is 11.9 Å². The highest BCUT2D eigenvalue weighted by Crippen LogP contribution is 2.49. The quantitative estimate of drug-likeness (QED) is 0.291. The lowest BCUT2D eigenvalue weighted by Gasteiger charge is -2.47. The van der Waals surface area contributed by atoms with Gasteiger partial charge in [0, 0.05) is 45.6 Å². The normalized spacial score (nSPS) is 24.2. The molecular weight excluding hydrogens is 545 g/mol. The maximum atomic E-state index is 14.3. The summed E-state index contributed by atoms with van der Waals surface area (Å²) in [5.41, 5.74) is 0.189. The van der Waals surface area contributed by atoms with E-state index in [-0.39, 0.29) is 23.0 Å². The number of imidazole rings is 1. The first-order chi connectivity index (χ1) is 20.0. The van der Waals surface area contributed by atoms with Crippen molar-refractivity contribution in [3.63, 3.8) is 0 Å². The van der Waals surface area contributed by atoms with Crippen LogP contribution in [0.1, 0.15) is 68.0 Å². The third-order valence-corrected chi connectivity index (χ3v) is 9.16. The summed E-state index contributed by atoms with van der Waals surface area (Å²) in [4.78, 5) is 15.9. The summed E-state index contributed by atoms with van der Waals surface area (Å²) in [6.45, 7) is 6.28. The molecule has 1 unspecified atom stereocenters. The number of aromatic nitrogens is 5. The summed E-state index contributed by atoms with van der Waals surface area (Å²) < 4.78 is 53.0. The van der Waals surface area contributed by atoms with Crippen LogP contribution in [0.25, 0.3) is 11.2 Å². The molecule has 8 nitrogen and oxygen atoms in total. The van der Waals surface area contributed by atoms with Crippen LogP contribution in [0.3, 0.4) is 0 Å². The Bertz CT molecular complexity index is 1650. The van der Waals surface area contributed by atoms with E-state index < -0.39 is 17.4 Å². The summed E-state index contributed by atoms with van der Waals surface area (Å²) in [6.07, 6.45) is 3.72. The largest absolute Gasteiger partial charge is 0.418 e. The van der Waals surface area contributed by atoms with Gasteiger partial charge in [0.2, 0.25) is 0 Å². The number of fused-ring (bicyclic) bond motifs is 1. The van der Waals surface area contributed by atoms with Gasteiger partial charge in [-0.3, -0.25) is 13.9 Å². The molecule has 2 atom stereocenters. The van der Waals surface area contributed by atoms with Gasteiger partial charge in [0.05, 0.1) is 22.4 Å². The second-order valence-corrected chi connectivity index (χ2v) is 12.5. The molecule has 0 bridgehead atoms. The van der Waals surface area contributed by atoms with Crippen molar-refractivity contribution >= 4 is 5.52 Å². The lowest BCUT2D eigenvalue weighted by molar-refractivity contribution is -0.136. The minimum atomic E-state index is -4.61. The molecule has 1 aliphatic heterocycles. The Labute approximate surface area is 242 Å². The number of piperidine rings is 1. The van der Waals surface area contributed by atoms with Gasteiger partial charge in [-0.15, -0.1) is 10.2 Å². The Morgan fingerprint density at radius 3 is 2.64 bits per heavy atom. The molecule has 224 valence electrons. The molecule has 1 saturated heterocycles. The Morgan fingerprint density at radius 2 is 1.98 bits per heavy atom. The first-order valence-corrected chi connectivity index (χ1v) is 14.5. The number of hydrogen-bond donors (Lipinski definition) is 0. The molecule has 0 spiro atoms. The van der Waals surface area contributed by atoms with E-state index in [1.807, 2.05) is 29.8 Å². The second kappa shape index (κ2) is 10.7. The number of ether oxygens (including phenoxy) is 1. The average Bonchev–Trinajstić information content (AvgIpc) is 3.50. The molecular formula is C31H37F3N6O2. The van der Waals surface area contributed by atoms with Crippen molar-refractivity contribution in [3.05, 3.63) is 82.1 Å². The van der Waals surface area contributed by atoms with E-state index in [1.54, 1.807) is 25.7 Å². The van der Waals surface area contributed by atoms with Gasteiger partial charge in [-0.05, 0) is 80.3 Å². The monoisotopic (exact) mass is 582 g/mol. The number of rotatable bonds is 7. The molecule has 6 rings (SSSR count). The van der Waals surface area contributed by atoms with E-state index in [4.69, 9.17) is 4.74 Å². The Morgan fingerprint density at radius 1 is 1.19 bits per heavy atom. The molecule has 42 heavy (non-hydrogen) atoms. The topological polar surface area (TPSA) is 69.6 Å². The van der Waals surface area contributed by atoms with Crippen LogP contribution >= 0.6 is 0 Å². The number of alkyl halides is 3. The first kappa shape index (κ1) is 28.7. The Hall–Kier alpha value is -3.44. The molecule has 1 saturated carbocycles. The van der Waals surface area contributed by atoms with Gasteiger partial charge in [-0.2, -0.15) is 13.2 Å². The van der Waals surface area contributed by atoms with Gasteiger partial charge in [-0.1, -0.05) is 19.1 Å². The predicted octanol–water partition coefficient (Wildman–Crippen LogP) is 5.42. The second-order valence-electron chi connectivity index (χ2n) is 12.5. The summed E-state index contributed by atoms with van der Waals surface area (Å²) in [6, 6.07) is 8.64. The fourth-order valence-corrected chi connectivity index (χ4v) is 6.96. The first-order valence-electron chi connectivity index (χ1n) is 14.5. The van der Waals surface area contributed by atoms with Crippen LogP contribution in [0.2, 0.25) is 0 Å². The minimum Gasteiger partial charge on any atom is -0.379 e. The molecule has 2 fully saturated rings. The molecule has 2 aliphatic rings. The zero-order valence-electron chi connectivity index (χ0n) is 24.4. The number of pyridine rings is 1. The molecule has 0 N–H and O–H groups in total. The summed E-state index contributed by atoms with van der Waals surface area (Å²) >= 11 is 0. The van der Waals surface area contributed by atoms with E-state index in [0.29, 0.717) is 23.7 Å². The van der Waals surface area contributed by atoms with Gasteiger partial charge in [-0.25, -0.2) is 4.79 Å². The van der Waals surface area contributed by atoms with Crippen LogP contribution in [-0.4, -0.2) is 54.4 Å². The number of hydrogen-bond acceptors (Lipinski definition) is 5. The fourth-order valence-electron chi connectivity index (χ4n) is 6.96. The number of benzene rings is 1. The van der Waals surface area contributed by atoms with Gasteiger partial charge in [0.25, 0.3) is 0 Å². The fraction of sp³-hybridized carbons (Fsp3) is 0.516. The highest BCUT2D eigenvalue weighted by atomic mass is 19.4. The standard InChI is InChI=1S/C31H37F3N6O2/c1-20-7-6-10-38(15-20)16-21-11-25(31(32,33)34)26-18-39(29(41)40(26)17-21)24-9-5-8-22(12-24)27(28-36-35-19-37(28)3)23-13-30(2,14-23)42-4/h5,8-9,11-12,17-20,23,27H,6-7,10,13-16H2,1-4H3/t20-,23?,27?,30?/m0/s1. The molecule has 4 heterocycles. The zero-order valence-corrected chi connectivity index (χ0v) is 24.4. The van der Waals surface area contributed by atoms with Gasteiger partial charge in [0.1, 0.15) is 12.2 Å². The van der Waals surface area contributed by atoms with Crippen LogP contribution in [0.5, 0.6) is 0 Å². The highest BCUT2D eigenvalue weighted by Gasteiger charge is 2.46. The van der Waals surface area contributed by atoms with Crippen molar-refractivity contribution in [2.24, 2.45) is 18.9 Å². The van der Waals surface area contributed by atoms with E-state index >= 15 is 0 Å². The van der Waals surface area contributed by atoms with Crippen molar-refractivity contribution < 1.29 is 17.9 Å². The number of methoxy groups -OCH3 is 1.